The van der Waals surface area contributed by atoms with Crippen LogP contribution in [0.4, 0.5) is 11.4 Å². The number of rotatable bonds is 2. The number of nitrogens with zero attached hydrogens (tertiary/aromatic N) is 2. The van der Waals surface area contributed by atoms with Gasteiger partial charge < -0.3 is 10.6 Å². The highest BCUT2D eigenvalue weighted by Gasteiger charge is 2.42. The molecule has 3 atom stereocenters. The molecule has 1 heterocycles. The number of hydrogen-bond acceptors (Lipinski definition) is 4. The number of benzene rings is 1. The summed E-state index contributed by atoms with van der Waals surface area (Å²) in [4.78, 5) is 13.0. The zero-order valence-corrected chi connectivity index (χ0v) is 12.0. The van der Waals surface area contributed by atoms with Crippen LogP contribution in [0.5, 0.6) is 0 Å². The zero-order chi connectivity index (χ0) is 13.6. The van der Waals surface area contributed by atoms with Crippen molar-refractivity contribution in [3.63, 3.8) is 0 Å². The minimum Gasteiger partial charge on any atom is -0.365 e. The maximum absolute atomic E-state index is 11.2. The summed E-state index contributed by atoms with van der Waals surface area (Å²) in [5.74, 6) is 1.08. The Kier molecular flexibility index (Phi) is 3.22. The summed E-state index contributed by atoms with van der Waals surface area (Å²) in [6.45, 7) is 1.73. The molecule has 0 aromatic heterocycles. The van der Waals surface area contributed by atoms with Crippen LogP contribution in [-0.4, -0.2) is 24.1 Å². The minimum absolute atomic E-state index is 0.169. The highest BCUT2D eigenvalue weighted by Crippen LogP contribution is 2.41. The molecule has 1 aliphatic carbocycles. The van der Waals surface area contributed by atoms with E-state index >= 15 is 0 Å². The molecule has 3 rings (SSSR count). The lowest BCUT2D eigenvalue weighted by atomic mass is 9.98. The molecule has 2 aliphatic rings. The molecule has 1 saturated carbocycles. The van der Waals surface area contributed by atoms with E-state index in [9.17, 15) is 10.1 Å². The van der Waals surface area contributed by atoms with Crippen LogP contribution in [-0.2, 0) is 0 Å². The number of nitro benzene ring substituents is 1. The lowest BCUT2D eigenvalue weighted by Gasteiger charge is -2.20. The molecule has 0 spiro atoms. The van der Waals surface area contributed by atoms with E-state index in [1.807, 2.05) is 12.1 Å². The maximum Gasteiger partial charge on any atom is 0.293 e. The molecule has 2 fully saturated rings. The molecule has 3 unspecified atom stereocenters. The molecule has 0 bridgehead atoms. The quantitative estimate of drug-likeness (QED) is 0.670. The van der Waals surface area contributed by atoms with Crippen LogP contribution in [0.15, 0.2) is 22.7 Å². The fourth-order valence-corrected chi connectivity index (χ4v) is 3.76. The first kappa shape index (κ1) is 12.9. The van der Waals surface area contributed by atoms with E-state index in [1.54, 1.807) is 6.07 Å². The lowest BCUT2D eigenvalue weighted by molar-refractivity contribution is -0.384. The third kappa shape index (κ3) is 2.23. The number of hydrogen-bond donors (Lipinski definition) is 1. The van der Waals surface area contributed by atoms with Crippen LogP contribution >= 0.6 is 15.9 Å². The van der Waals surface area contributed by atoms with Crippen LogP contribution in [0.2, 0.25) is 0 Å². The summed E-state index contributed by atoms with van der Waals surface area (Å²) < 4.78 is 0.735. The van der Waals surface area contributed by atoms with Crippen LogP contribution in [0, 0.1) is 22.0 Å². The number of anilines is 1. The Balaban J connectivity index is 1.90. The van der Waals surface area contributed by atoms with E-state index in [-0.39, 0.29) is 16.7 Å². The molecule has 1 aliphatic heterocycles. The van der Waals surface area contributed by atoms with Gasteiger partial charge in [-0.05, 0) is 36.8 Å². The van der Waals surface area contributed by atoms with Gasteiger partial charge in [0.2, 0.25) is 0 Å². The van der Waals surface area contributed by atoms with Gasteiger partial charge in [-0.15, -0.1) is 0 Å². The fraction of sp³-hybridized carbons (Fsp3) is 0.538. The molecule has 2 N–H and O–H groups in total. The monoisotopic (exact) mass is 325 g/mol. The predicted octanol–water partition coefficient (Wildman–Crippen LogP) is 2.53. The summed E-state index contributed by atoms with van der Waals surface area (Å²) >= 11 is 3.29. The summed E-state index contributed by atoms with van der Waals surface area (Å²) in [5.41, 5.74) is 7.00. The van der Waals surface area contributed by atoms with Crippen molar-refractivity contribution in [1.29, 1.82) is 0 Å². The normalized spacial score (nSPS) is 29.6. The summed E-state index contributed by atoms with van der Waals surface area (Å²) in [7, 11) is 0. The van der Waals surface area contributed by atoms with E-state index < -0.39 is 0 Å². The topological polar surface area (TPSA) is 72.4 Å². The lowest BCUT2D eigenvalue weighted by Crippen LogP contribution is -2.30. The average Bonchev–Trinajstić information content (AvgIpc) is 2.92. The second-order valence-corrected chi connectivity index (χ2v) is 6.38. The second kappa shape index (κ2) is 4.76. The summed E-state index contributed by atoms with van der Waals surface area (Å²) in [6, 6.07) is 5.51. The van der Waals surface area contributed by atoms with Gasteiger partial charge in [0.15, 0.2) is 0 Å². The van der Waals surface area contributed by atoms with E-state index in [0.29, 0.717) is 11.8 Å². The summed E-state index contributed by atoms with van der Waals surface area (Å²) in [6.07, 6.45) is 2.23. The molecule has 5 nitrogen and oxygen atoms in total. The van der Waals surface area contributed by atoms with Gasteiger partial charge in [0.05, 0.1) is 4.92 Å². The number of nitrogens with two attached hydrogens (primary N) is 1. The van der Waals surface area contributed by atoms with Crippen LogP contribution in [0.25, 0.3) is 0 Å². The van der Waals surface area contributed by atoms with Crippen molar-refractivity contribution < 1.29 is 4.92 Å². The van der Waals surface area contributed by atoms with E-state index in [2.05, 4.69) is 20.8 Å². The van der Waals surface area contributed by atoms with Crippen molar-refractivity contribution in [2.24, 2.45) is 17.6 Å². The fourth-order valence-electron chi connectivity index (χ4n) is 3.41. The highest BCUT2D eigenvalue weighted by atomic mass is 79.9. The van der Waals surface area contributed by atoms with Gasteiger partial charge >= 0.3 is 0 Å². The molecular weight excluding hydrogens is 310 g/mol. The number of nitro groups is 1. The molecule has 19 heavy (non-hydrogen) atoms. The minimum atomic E-state index is -0.311. The van der Waals surface area contributed by atoms with Crippen molar-refractivity contribution in [2.45, 2.75) is 18.9 Å². The van der Waals surface area contributed by atoms with Crippen LogP contribution in [0.3, 0.4) is 0 Å². The smallest absolute Gasteiger partial charge is 0.293 e. The SMILES string of the molecule is NC1CCC2CN(c3ccc(Br)cc3[N+](=O)[O-])CC12. The van der Waals surface area contributed by atoms with Crippen molar-refractivity contribution >= 4 is 27.3 Å². The Bertz CT molecular complexity index is 523. The van der Waals surface area contributed by atoms with Gasteiger partial charge in [-0.2, -0.15) is 0 Å². The largest absolute Gasteiger partial charge is 0.365 e. The third-order valence-corrected chi connectivity index (χ3v) is 4.88. The first-order valence-electron chi connectivity index (χ1n) is 6.50. The number of halogens is 1. The van der Waals surface area contributed by atoms with E-state index in [1.165, 1.54) is 0 Å². The first-order valence-corrected chi connectivity index (χ1v) is 7.30. The molecule has 0 amide bonds. The second-order valence-electron chi connectivity index (χ2n) is 5.46. The van der Waals surface area contributed by atoms with Gasteiger partial charge in [-0.25, -0.2) is 0 Å². The van der Waals surface area contributed by atoms with Crippen molar-refractivity contribution in [2.75, 3.05) is 18.0 Å². The molecule has 1 aromatic rings. The van der Waals surface area contributed by atoms with Gasteiger partial charge in [0.25, 0.3) is 5.69 Å². The standard InChI is InChI=1S/C13H16BrN3O2/c14-9-2-4-12(13(5-9)17(18)19)16-6-8-1-3-11(15)10(8)7-16/h2,4-5,8,10-11H,1,3,6-7,15H2. The zero-order valence-electron chi connectivity index (χ0n) is 10.5. The Labute approximate surface area is 120 Å². The van der Waals surface area contributed by atoms with Crippen LogP contribution in [0.1, 0.15) is 12.8 Å². The van der Waals surface area contributed by atoms with Crippen molar-refractivity contribution in [3.8, 4) is 0 Å². The molecule has 1 saturated heterocycles. The Morgan fingerprint density at radius 2 is 2.16 bits per heavy atom. The van der Waals surface area contributed by atoms with Gasteiger partial charge in [0, 0.05) is 29.7 Å². The number of fused-ring (bicyclic) bond motifs is 1. The first-order chi connectivity index (χ1) is 9.06. The Morgan fingerprint density at radius 1 is 1.37 bits per heavy atom. The average molecular weight is 326 g/mol. The Hall–Kier alpha value is -1.14. The van der Waals surface area contributed by atoms with Crippen molar-refractivity contribution in [1.82, 2.24) is 0 Å². The molecular formula is C13H16BrN3O2. The van der Waals surface area contributed by atoms with E-state index in [4.69, 9.17) is 5.73 Å². The van der Waals surface area contributed by atoms with Gasteiger partial charge in [0.1, 0.15) is 5.69 Å². The Morgan fingerprint density at radius 3 is 2.84 bits per heavy atom. The predicted molar refractivity (Wildman–Crippen MR) is 77.2 cm³/mol. The molecule has 102 valence electrons. The van der Waals surface area contributed by atoms with Gasteiger partial charge in [-0.1, -0.05) is 15.9 Å². The van der Waals surface area contributed by atoms with Crippen LogP contribution < -0.4 is 10.6 Å². The maximum atomic E-state index is 11.2. The molecule has 0 radical (unpaired) electrons. The molecule has 1 aromatic carbocycles. The highest BCUT2D eigenvalue weighted by molar-refractivity contribution is 9.10. The molecule has 6 heteroatoms. The van der Waals surface area contributed by atoms with E-state index in [0.717, 1.165) is 36.1 Å². The van der Waals surface area contributed by atoms with Gasteiger partial charge in [-0.3, -0.25) is 10.1 Å². The third-order valence-electron chi connectivity index (χ3n) is 4.39. The van der Waals surface area contributed by atoms with Crippen molar-refractivity contribution in [3.05, 3.63) is 32.8 Å². The summed E-state index contributed by atoms with van der Waals surface area (Å²) in [5, 5.41) is 11.2.